The molecule has 0 bridgehead atoms. The molecule has 0 unspecified atom stereocenters. The van der Waals surface area contributed by atoms with Gasteiger partial charge < -0.3 is 10.4 Å². The van der Waals surface area contributed by atoms with Gasteiger partial charge in [0.15, 0.2) is 0 Å². The fourth-order valence-electron chi connectivity index (χ4n) is 4.07. The van der Waals surface area contributed by atoms with Gasteiger partial charge in [-0.25, -0.2) is 0 Å². The number of aromatic amines is 1. The van der Waals surface area contributed by atoms with Crippen LogP contribution in [0.15, 0.2) is 29.4 Å². The Balaban J connectivity index is 2.09. The smallest absolute Gasteiger partial charge is 0.0720 e. The molecule has 0 amide bonds. The number of aromatic nitrogens is 2. The van der Waals surface area contributed by atoms with E-state index in [9.17, 15) is 0 Å². The van der Waals surface area contributed by atoms with Gasteiger partial charge in [0.25, 0.3) is 0 Å². The third kappa shape index (κ3) is 2.60. The second-order valence-electron chi connectivity index (χ2n) is 7.74. The maximum atomic E-state index is 5.11. The molecule has 4 heteroatoms. The summed E-state index contributed by atoms with van der Waals surface area (Å²) in [5, 5.41) is 7.25. The standard InChI is InChI=1S/C21H26N4/c1-5-14-18-13-9-7-8-10-15(13)24-20(18)19-16(23-14)11-21(3,4)12-17(19)25-22-6-2/h7-10,22,24H,5-6,11-12H2,1-4H3/b25-17+. The zero-order valence-corrected chi connectivity index (χ0v) is 15.5. The number of pyridine rings is 1. The van der Waals surface area contributed by atoms with E-state index in [2.05, 4.69) is 62.4 Å². The van der Waals surface area contributed by atoms with E-state index in [1.807, 2.05) is 0 Å². The average molecular weight is 334 g/mol. The highest BCUT2D eigenvalue weighted by Gasteiger charge is 2.33. The van der Waals surface area contributed by atoms with Gasteiger partial charge in [-0.3, -0.25) is 4.98 Å². The lowest BCUT2D eigenvalue weighted by Gasteiger charge is -2.32. The van der Waals surface area contributed by atoms with Gasteiger partial charge in [0.05, 0.1) is 22.6 Å². The third-order valence-electron chi connectivity index (χ3n) is 5.09. The molecular formula is C21H26N4. The molecule has 1 aliphatic carbocycles. The first-order valence-electron chi connectivity index (χ1n) is 9.26. The molecule has 2 aromatic heterocycles. The molecule has 130 valence electrons. The number of hydrazone groups is 1. The normalized spacial score (nSPS) is 18.0. The Morgan fingerprint density at radius 3 is 2.76 bits per heavy atom. The molecule has 0 fully saturated rings. The third-order valence-corrected chi connectivity index (χ3v) is 5.09. The lowest BCUT2D eigenvalue weighted by atomic mass is 9.74. The van der Waals surface area contributed by atoms with Crippen LogP contribution in [0.4, 0.5) is 0 Å². The lowest BCUT2D eigenvalue weighted by Crippen LogP contribution is -2.30. The first-order valence-corrected chi connectivity index (χ1v) is 9.26. The number of benzene rings is 1. The monoisotopic (exact) mass is 334 g/mol. The Bertz CT molecular complexity index is 978. The fraction of sp³-hybridized carbons (Fsp3) is 0.429. The summed E-state index contributed by atoms with van der Waals surface area (Å²) in [6.45, 7) is 9.71. The van der Waals surface area contributed by atoms with Crippen molar-refractivity contribution in [1.82, 2.24) is 15.4 Å². The number of para-hydroxylation sites is 1. The first kappa shape index (κ1) is 16.1. The quantitative estimate of drug-likeness (QED) is 0.690. The van der Waals surface area contributed by atoms with Crippen molar-refractivity contribution < 1.29 is 0 Å². The van der Waals surface area contributed by atoms with Crippen LogP contribution in [0.1, 0.15) is 51.1 Å². The minimum atomic E-state index is 0.180. The molecule has 0 spiro atoms. The molecule has 2 heterocycles. The number of H-pyrrole nitrogens is 1. The zero-order chi connectivity index (χ0) is 17.6. The van der Waals surface area contributed by atoms with Crippen LogP contribution in [0, 0.1) is 5.41 Å². The van der Waals surface area contributed by atoms with E-state index in [4.69, 9.17) is 10.1 Å². The zero-order valence-electron chi connectivity index (χ0n) is 15.5. The van der Waals surface area contributed by atoms with E-state index >= 15 is 0 Å². The van der Waals surface area contributed by atoms with Crippen LogP contribution in [0.2, 0.25) is 0 Å². The van der Waals surface area contributed by atoms with Crippen molar-refractivity contribution in [2.75, 3.05) is 6.54 Å². The molecule has 0 saturated carbocycles. The summed E-state index contributed by atoms with van der Waals surface area (Å²) in [7, 11) is 0. The van der Waals surface area contributed by atoms with Gasteiger partial charge in [0.2, 0.25) is 0 Å². The molecule has 0 saturated heterocycles. The largest absolute Gasteiger partial charge is 0.354 e. The van der Waals surface area contributed by atoms with E-state index in [-0.39, 0.29) is 5.41 Å². The van der Waals surface area contributed by atoms with E-state index in [0.29, 0.717) is 0 Å². The highest BCUT2D eigenvalue weighted by Crippen LogP contribution is 2.40. The predicted molar refractivity (Wildman–Crippen MR) is 105 cm³/mol. The van der Waals surface area contributed by atoms with Crippen molar-refractivity contribution in [3.8, 4) is 0 Å². The van der Waals surface area contributed by atoms with Crippen molar-refractivity contribution in [2.45, 2.75) is 47.0 Å². The first-order chi connectivity index (χ1) is 12.0. The van der Waals surface area contributed by atoms with Crippen LogP contribution < -0.4 is 5.43 Å². The molecule has 0 radical (unpaired) electrons. The molecule has 1 aromatic carbocycles. The Kier molecular flexibility index (Phi) is 3.78. The molecule has 3 aromatic rings. The topological polar surface area (TPSA) is 53.1 Å². The average Bonchev–Trinajstić information content (AvgIpc) is 2.97. The maximum absolute atomic E-state index is 5.11. The van der Waals surface area contributed by atoms with Gasteiger partial charge in [0, 0.05) is 28.4 Å². The van der Waals surface area contributed by atoms with Crippen LogP contribution in [-0.4, -0.2) is 22.2 Å². The molecule has 25 heavy (non-hydrogen) atoms. The van der Waals surface area contributed by atoms with Gasteiger partial charge >= 0.3 is 0 Å². The molecule has 0 aliphatic heterocycles. The lowest BCUT2D eigenvalue weighted by molar-refractivity contribution is 0.367. The van der Waals surface area contributed by atoms with Crippen molar-refractivity contribution >= 4 is 27.5 Å². The number of nitrogens with one attached hydrogen (secondary N) is 2. The second-order valence-corrected chi connectivity index (χ2v) is 7.74. The number of nitrogens with zero attached hydrogens (tertiary/aromatic N) is 2. The molecule has 4 rings (SSSR count). The van der Waals surface area contributed by atoms with Crippen LogP contribution in [-0.2, 0) is 12.8 Å². The summed E-state index contributed by atoms with van der Waals surface area (Å²) < 4.78 is 0. The molecule has 1 aliphatic rings. The molecule has 0 atom stereocenters. The number of hydrogen-bond donors (Lipinski definition) is 2. The maximum Gasteiger partial charge on any atom is 0.0720 e. The Labute approximate surface area is 148 Å². The molecule has 4 nitrogen and oxygen atoms in total. The summed E-state index contributed by atoms with van der Waals surface area (Å²) in [6, 6.07) is 8.52. The molecule has 2 N–H and O–H groups in total. The Morgan fingerprint density at radius 1 is 1.20 bits per heavy atom. The van der Waals surface area contributed by atoms with E-state index < -0.39 is 0 Å². The highest BCUT2D eigenvalue weighted by molar-refractivity contribution is 6.18. The number of hydrogen-bond acceptors (Lipinski definition) is 3. The van der Waals surface area contributed by atoms with Gasteiger partial charge in [-0.15, -0.1) is 0 Å². The number of fused-ring (bicyclic) bond motifs is 5. The van der Waals surface area contributed by atoms with Crippen LogP contribution >= 0.6 is 0 Å². The van der Waals surface area contributed by atoms with E-state index in [0.717, 1.165) is 31.5 Å². The summed E-state index contributed by atoms with van der Waals surface area (Å²) in [4.78, 5) is 8.77. The minimum absolute atomic E-state index is 0.180. The fourth-order valence-corrected chi connectivity index (χ4v) is 4.07. The minimum Gasteiger partial charge on any atom is -0.354 e. The van der Waals surface area contributed by atoms with Crippen molar-refractivity contribution in [3.05, 3.63) is 41.2 Å². The predicted octanol–water partition coefficient (Wildman–Crippen LogP) is 4.56. The number of rotatable bonds is 3. The summed E-state index contributed by atoms with van der Waals surface area (Å²) in [5.74, 6) is 0. The summed E-state index contributed by atoms with van der Waals surface area (Å²) >= 11 is 0. The Morgan fingerprint density at radius 2 is 2.00 bits per heavy atom. The van der Waals surface area contributed by atoms with Crippen molar-refractivity contribution in [2.24, 2.45) is 10.5 Å². The summed E-state index contributed by atoms with van der Waals surface area (Å²) in [5.41, 5.74) is 10.4. The SMILES string of the molecule is CCN/N=C1\CC(C)(C)Cc2nc(CC)c3c([nH]c4ccccc43)c21. The molecular weight excluding hydrogens is 308 g/mol. The van der Waals surface area contributed by atoms with E-state index in [1.54, 1.807) is 0 Å². The van der Waals surface area contributed by atoms with E-state index in [1.165, 1.54) is 38.8 Å². The highest BCUT2D eigenvalue weighted by atomic mass is 15.3. The van der Waals surface area contributed by atoms with Crippen molar-refractivity contribution in [3.63, 3.8) is 0 Å². The summed E-state index contributed by atoms with van der Waals surface area (Å²) in [6.07, 6.45) is 2.89. The van der Waals surface area contributed by atoms with Gasteiger partial charge in [0.1, 0.15) is 0 Å². The second kappa shape index (κ2) is 5.87. The van der Waals surface area contributed by atoms with Crippen LogP contribution in [0.3, 0.4) is 0 Å². The van der Waals surface area contributed by atoms with Gasteiger partial charge in [-0.1, -0.05) is 39.0 Å². The number of aryl methyl sites for hydroxylation is 1. The Hall–Kier alpha value is -2.36. The van der Waals surface area contributed by atoms with Gasteiger partial charge in [-0.05, 0) is 37.7 Å². The van der Waals surface area contributed by atoms with Gasteiger partial charge in [-0.2, -0.15) is 5.10 Å². The van der Waals surface area contributed by atoms with Crippen LogP contribution in [0.5, 0.6) is 0 Å². The van der Waals surface area contributed by atoms with Crippen molar-refractivity contribution in [1.29, 1.82) is 0 Å². The van der Waals surface area contributed by atoms with Crippen LogP contribution in [0.25, 0.3) is 21.8 Å².